The van der Waals surface area contributed by atoms with Crippen molar-refractivity contribution in [1.82, 2.24) is 10.2 Å². The van der Waals surface area contributed by atoms with Gasteiger partial charge in [-0.3, -0.25) is 4.90 Å². The maximum Gasteiger partial charge on any atom is 0.0220 e. The quantitative estimate of drug-likeness (QED) is 0.679. The highest BCUT2D eigenvalue weighted by Crippen LogP contribution is 2.08. The molecular formula is C12H28N2. The number of hydrogen-bond donors (Lipinski definition) is 1. The van der Waals surface area contributed by atoms with E-state index in [2.05, 4.69) is 51.8 Å². The van der Waals surface area contributed by atoms with Crippen LogP contribution in [0.25, 0.3) is 0 Å². The van der Waals surface area contributed by atoms with E-state index >= 15 is 0 Å². The summed E-state index contributed by atoms with van der Waals surface area (Å²) in [5.41, 5.74) is 0. The van der Waals surface area contributed by atoms with E-state index in [-0.39, 0.29) is 0 Å². The molecule has 0 aliphatic carbocycles. The van der Waals surface area contributed by atoms with Gasteiger partial charge < -0.3 is 5.32 Å². The molecule has 14 heavy (non-hydrogen) atoms. The molecule has 1 N–H and O–H groups in total. The molecule has 0 aliphatic rings. The van der Waals surface area contributed by atoms with Crippen LogP contribution in [0.2, 0.25) is 0 Å². The van der Waals surface area contributed by atoms with Gasteiger partial charge in [-0.2, -0.15) is 0 Å². The number of likely N-dealkylation sites (N-methyl/N-ethyl adjacent to an activating group) is 1. The molecule has 2 heteroatoms. The van der Waals surface area contributed by atoms with Crippen molar-refractivity contribution in [3.8, 4) is 0 Å². The number of nitrogens with one attached hydrogen (secondary N) is 1. The summed E-state index contributed by atoms with van der Waals surface area (Å²) in [5.74, 6) is 0. The average molecular weight is 200 g/mol. The zero-order valence-corrected chi connectivity index (χ0v) is 10.8. The van der Waals surface area contributed by atoms with Crippen molar-refractivity contribution in [2.75, 3.05) is 13.1 Å². The second-order valence-electron chi connectivity index (χ2n) is 4.55. The first-order valence-corrected chi connectivity index (χ1v) is 6.01. The van der Waals surface area contributed by atoms with Crippen LogP contribution in [0.4, 0.5) is 0 Å². The number of nitrogens with zero attached hydrogens (tertiary/aromatic N) is 1. The highest BCUT2D eigenvalue weighted by atomic mass is 15.2. The maximum atomic E-state index is 3.52. The maximum absolute atomic E-state index is 3.52. The Morgan fingerprint density at radius 3 is 1.93 bits per heavy atom. The van der Waals surface area contributed by atoms with Crippen LogP contribution in [-0.2, 0) is 0 Å². The smallest absolute Gasteiger partial charge is 0.0220 e. The van der Waals surface area contributed by atoms with Crippen molar-refractivity contribution in [3.63, 3.8) is 0 Å². The van der Waals surface area contributed by atoms with Crippen LogP contribution in [-0.4, -0.2) is 36.1 Å². The molecule has 0 rings (SSSR count). The minimum atomic E-state index is 0.593. The number of hydrogen-bond acceptors (Lipinski definition) is 2. The van der Waals surface area contributed by atoms with Crippen LogP contribution < -0.4 is 5.32 Å². The van der Waals surface area contributed by atoms with E-state index in [0.29, 0.717) is 18.1 Å². The zero-order chi connectivity index (χ0) is 11.1. The fourth-order valence-corrected chi connectivity index (χ4v) is 1.91. The summed E-state index contributed by atoms with van der Waals surface area (Å²) in [5, 5.41) is 3.52. The summed E-state index contributed by atoms with van der Waals surface area (Å²) >= 11 is 0. The summed E-state index contributed by atoms with van der Waals surface area (Å²) < 4.78 is 0. The van der Waals surface area contributed by atoms with Gasteiger partial charge in [0.2, 0.25) is 0 Å². The lowest BCUT2D eigenvalue weighted by molar-refractivity contribution is 0.152. The third kappa shape index (κ3) is 4.97. The minimum absolute atomic E-state index is 0.593. The van der Waals surface area contributed by atoms with Gasteiger partial charge in [0.05, 0.1) is 0 Å². The Hall–Kier alpha value is -0.0800. The standard InChI is InChI=1S/C12H28N2/c1-7-12(9-13-10(3)4)14(8-2)11(5)6/h10-13H,7-9H2,1-6H3. The third-order valence-corrected chi connectivity index (χ3v) is 2.73. The summed E-state index contributed by atoms with van der Waals surface area (Å²) in [6.45, 7) is 15.8. The summed E-state index contributed by atoms with van der Waals surface area (Å²) in [4.78, 5) is 2.56. The van der Waals surface area contributed by atoms with Crippen LogP contribution in [0.3, 0.4) is 0 Å². The Bertz CT molecular complexity index is 132. The minimum Gasteiger partial charge on any atom is -0.313 e. The molecule has 0 radical (unpaired) electrons. The normalized spacial score (nSPS) is 14.4. The summed E-state index contributed by atoms with van der Waals surface area (Å²) in [7, 11) is 0. The first-order valence-electron chi connectivity index (χ1n) is 6.01. The molecule has 0 aliphatic heterocycles. The molecule has 0 fully saturated rings. The molecular weight excluding hydrogens is 172 g/mol. The topological polar surface area (TPSA) is 15.3 Å². The van der Waals surface area contributed by atoms with Crippen molar-refractivity contribution in [2.45, 2.75) is 66.1 Å². The van der Waals surface area contributed by atoms with E-state index in [1.807, 2.05) is 0 Å². The molecule has 0 heterocycles. The average Bonchev–Trinajstić information content (AvgIpc) is 2.10. The molecule has 2 nitrogen and oxygen atoms in total. The van der Waals surface area contributed by atoms with Crippen LogP contribution in [0, 0.1) is 0 Å². The second-order valence-corrected chi connectivity index (χ2v) is 4.55. The first kappa shape index (κ1) is 13.9. The summed E-state index contributed by atoms with van der Waals surface area (Å²) in [6, 6.07) is 1.93. The highest BCUT2D eigenvalue weighted by Gasteiger charge is 2.17. The molecule has 0 aromatic heterocycles. The monoisotopic (exact) mass is 200 g/mol. The van der Waals surface area contributed by atoms with Gasteiger partial charge in [0.15, 0.2) is 0 Å². The van der Waals surface area contributed by atoms with Crippen molar-refractivity contribution in [2.24, 2.45) is 0 Å². The molecule has 1 atom stereocenters. The molecule has 0 aromatic rings. The van der Waals surface area contributed by atoms with E-state index in [0.717, 1.165) is 13.1 Å². The van der Waals surface area contributed by atoms with Gasteiger partial charge >= 0.3 is 0 Å². The SMILES string of the molecule is CCC(CNC(C)C)N(CC)C(C)C. The van der Waals surface area contributed by atoms with Crippen LogP contribution in [0.5, 0.6) is 0 Å². The van der Waals surface area contributed by atoms with Crippen molar-refractivity contribution in [1.29, 1.82) is 0 Å². The van der Waals surface area contributed by atoms with E-state index in [1.54, 1.807) is 0 Å². The van der Waals surface area contributed by atoms with Gasteiger partial charge in [-0.25, -0.2) is 0 Å². The Labute approximate surface area is 90.1 Å². The van der Waals surface area contributed by atoms with Crippen molar-refractivity contribution in [3.05, 3.63) is 0 Å². The molecule has 0 amide bonds. The molecule has 0 spiro atoms. The molecule has 0 bridgehead atoms. The van der Waals surface area contributed by atoms with Gasteiger partial charge in [0, 0.05) is 24.7 Å². The van der Waals surface area contributed by atoms with Crippen LogP contribution in [0.15, 0.2) is 0 Å². The Balaban J connectivity index is 4.08. The van der Waals surface area contributed by atoms with Gasteiger partial charge in [-0.05, 0) is 26.8 Å². The molecule has 0 saturated carbocycles. The van der Waals surface area contributed by atoms with E-state index in [4.69, 9.17) is 0 Å². The lowest BCUT2D eigenvalue weighted by Gasteiger charge is -2.34. The van der Waals surface area contributed by atoms with Gasteiger partial charge in [0.25, 0.3) is 0 Å². The fraction of sp³-hybridized carbons (Fsp3) is 1.00. The Morgan fingerprint density at radius 2 is 1.64 bits per heavy atom. The predicted molar refractivity (Wildman–Crippen MR) is 64.7 cm³/mol. The molecule has 0 saturated heterocycles. The van der Waals surface area contributed by atoms with Crippen molar-refractivity contribution < 1.29 is 0 Å². The van der Waals surface area contributed by atoms with Crippen LogP contribution in [0.1, 0.15) is 48.0 Å². The lowest BCUT2D eigenvalue weighted by Crippen LogP contribution is -2.46. The largest absolute Gasteiger partial charge is 0.313 e. The van der Waals surface area contributed by atoms with Gasteiger partial charge in [0.1, 0.15) is 0 Å². The number of rotatable bonds is 7. The second kappa shape index (κ2) is 7.24. The molecule has 0 aromatic carbocycles. The van der Waals surface area contributed by atoms with Crippen LogP contribution >= 0.6 is 0 Å². The van der Waals surface area contributed by atoms with E-state index < -0.39 is 0 Å². The first-order chi connectivity index (χ1) is 6.52. The Kier molecular flexibility index (Phi) is 7.20. The lowest BCUT2D eigenvalue weighted by atomic mass is 10.1. The fourth-order valence-electron chi connectivity index (χ4n) is 1.91. The van der Waals surface area contributed by atoms with Crippen molar-refractivity contribution >= 4 is 0 Å². The molecule has 1 unspecified atom stereocenters. The van der Waals surface area contributed by atoms with E-state index in [9.17, 15) is 0 Å². The van der Waals surface area contributed by atoms with E-state index in [1.165, 1.54) is 6.42 Å². The highest BCUT2D eigenvalue weighted by molar-refractivity contribution is 4.75. The third-order valence-electron chi connectivity index (χ3n) is 2.73. The predicted octanol–water partition coefficient (Wildman–Crippen LogP) is 2.49. The Morgan fingerprint density at radius 1 is 1.07 bits per heavy atom. The summed E-state index contributed by atoms with van der Waals surface area (Å²) in [6.07, 6.45) is 1.23. The molecule has 86 valence electrons. The zero-order valence-electron chi connectivity index (χ0n) is 10.8. The van der Waals surface area contributed by atoms with Gasteiger partial charge in [-0.1, -0.05) is 27.7 Å². The van der Waals surface area contributed by atoms with Gasteiger partial charge in [-0.15, -0.1) is 0 Å².